The lowest BCUT2D eigenvalue weighted by Gasteiger charge is -2.17. The Labute approximate surface area is 146 Å². The van der Waals surface area contributed by atoms with Crippen LogP contribution in [-0.2, 0) is 4.79 Å². The summed E-state index contributed by atoms with van der Waals surface area (Å²) in [5, 5.41) is 8.19. The molecule has 1 aromatic rings. The first-order valence-electron chi connectivity index (χ1n) is 7.98. The molecule has 0 bridgehead atoms. The molecule has 0 radical (unpaired) electrons. The first kappa shape index (κ1) is 19.6. The number of amides is 3. The van der Waals surface area contributed by atoms with E-state index in [0.717, 1.165) is 22.9 Å². The van der Waals surface area contributed by atoms with E-state index in [1.54, 1.807) is 0 Å². The van der Waals surface area contributed by atoms with Gasteiger partial charge in [0.25, 0.3) is 0 Å². The predicted molar refractivity (Wildman–Crippen MR) is 96.2 cm³/mol. The Kier molecular flexibility index (Phi) is 8.87. The number of imide groups is 1. The van der Waals surface area contributed by atoms with Crippen LogP contribution in [0.3, 0.4) is 0 Å². The van der Waals surface area contributed by atoms with E-state index >= 15 is 0 Å². The molecule has 0 saturated carbocycles. The van der Waals surface area contributed by atoms with Gasteiger partial charge in [0.1, 0.15) is 0 Å². The van der Waals surface area contributed by atoms with Crippen molar-refractivity contribution >= 4 is 27.9 Å². The Hall–Kier alpha value is -1.40. The van der Waals surface area contributed by atoms with Gasteiger partial charge in [0, 0.05) is 17.1 Å². The fourth-order valence-corrected chi connectivity index (χ4v) is 2.36. The molecule has 6 heteroatoms. The summed E-state index contributed by atoms with van der Waals surface area (Å²) in [6.07, 6.45) is 1.75. The molecule has 1 atom stereocenters. The van der Waals surface area contributed by atoms with Crippen molar-refractivity contribution in [3.63, 3.8) is 0 Å². The molecule has 0 spiro atoms. The minimum absolute atomic E-state index is 0.0813. The molecule has 0 aromatic heterocycles. The van der Waals surface area contributed by atoms with Crippen molar-refractivity contribution in [1.82, 2.24) is 16.0 Å². The molecule has 0 fully saturated rings. The number of halogens is 1. The summed E-state index contributed by atoms with van der Waals surface area (Å²) in [6, 6.07) is 7.62. The van der Waals surface area contributed by atoms with Gasteiger partial charge in [-0.2, -0.15) is 0 Å². The number of nitrogens with one attached hydrogen (secondary N) is 3. The van der Waals surface area contributed by atoms with Gasteiger partial charge in [0.15, 0.2) is 0 Å². The lowest BCUT2D eigenvalue weighted by atomic mass is 10.0. The summed E-state index contributed by atoms with van der Waals surface area (Å²) < 4.78 is 1.02. The monoisotopic (exact) mass is 383 g/mol. The maximum atomic E-state index is 11.8. The second kappa shape index (κ2) is 10.4. The van der Waals surface area contributed by atoms with Crippen LogP contribution < -0.4 is 16.0 Å². The number of rotatable bonds is 8. The fraction of sp³-hybridized carbons (Fsp3) is 0.529. The molecule has 5 nitrogen and oxygen atoms in total. The molecule has 0 aliphatic rings. The lowest BCUT2D eigenvalue weighted by Crippen LogP contribution is -2.44. The average molecular weight is 384 g/mol. The van der Waals surface area contributed by atoms with Crippen LogP contribution in [0.5, 0.6) is 0 Å². The molecule has 1 aromatic carbocycles. The first-order chi connectivity index (χ1) is 10.9. The van der Waals surface area contributed by atoms with Crippen LogP contribution in [0.1, 0.15) is 45.2 Å². The van der Waals surface area contributed by atoms with E-state index in [-0.39, 0.29) is 18.5 Å². The van der Waals surface area contributed by atoms with Gasteiger partial charge in [-0.25, -0.2) is 4.79 Å². The molecule has 0 saturated heterocycles. The second-order valence-corrected chi connectivity index (χ2v) is 6.80. The summed E-state index contributed by atoms with van der Waals surface area (Å²) in [7, 11) is 0. The third-order valence-electron chi connectivity index (χ3n) is 3.45. The van der Waals surface area contributed by atoms with E-state index in [0.29, 0.717) is 12.5 Å². The van der Waals surface area contributed by atoms with E-state index in [1.807, 2.05) is 24.3 Å². The summed E-state index contributed by atoms with van der Waals surface area (Å²) in [5.41, 5.74) is 1.12. The van der Waals surface area contributed by atoms with Gasteiger partial charge in [-0.1, -0.05) is 48.8 Å². The number of carbonyl (C=O) groups is 2. The summed E-state index contributed by atoms with van der Waals surface area (Å²) in [5.74, 6) is 0.187. The van der Waals surface area contributed by atoms with Crippen molar-refractivity contribution in [2.24, 2.45) is 5.92 Å². The molecule has 1 rings (SSSR count). The number of urea groups is 1. The Morgan fingerprint density at radius 2 is 1.83 bits per heavy atom. The predicted octanol–water partition coefficient (Wildman–Crippen LogP) is 3.36. The largest absolute Gasteiger partial charge is 0.338 e. The van der Waals surface area contributed by atoms with Crippen molar-refractivity contribution in [1.29, 1.82) is 0 Å². The van der Waals surface area contributed by atoms with Crippen molar-refractivity contribution in [3.8, 4) is 0 Å². The maximum Gasteiger partial charge on any atom is 0.321 e. The summed E-state index contributed by atoms with van der Waals surface area (Å²) >= 11 is 3.41. The molecule has 0 unspecified atom stereocenters. The quantitative estimate of drug-likeness (QED) is 0.644. The minimum atomic E-state index is -0.436. The van der Waals surface area contributed by atoms with Crippen LogP contribution in [0, 0.1) is 5.92 Å². The molecular formula is C17H26BrN3O2. The highest BCUT2D eigenvalue weighted by Crippen LogP contribution is 2.19. The molecule has 3 amide bonds. The normalized spacial score (nSPS) is 12.0. The maximum absolute atomic E-state index is 11.8. The minimum Gasteiger partial charge on any atom is -0.338 e. The fourth-order valence-electron chi connectivity index (χ4n) is 2.10. The number of benzene rings is 1. The van der Waals surface area contributed by atoms with Crippen molar-refractivity contribution in [3.05, 3.63) is 34.3 Å². The Bertz CT molecular complexity index is 503. The van der Waals surface area contributed by atoms with E-state index < -0.39 is 6.03 Å². The topological polar surface area (TPSA) is 70.2 Å². The molecular weight excluding hydrogens is 358 g/mol. The van der Waals surface area contributed by atoms with Gasteiger partial charge >= 0.3 is 6.03 Å². The van der Waals surface area contributed by atoms with Crippen molar-refractivity contribution < 1.29 is 9.59 Å². The van der Waals surface area contributed by atoms with Gasteiger partial charge in [0.05, 0.1) is 6.54 Å². The highest BCUT2D eigenvalue weighted by Gasteiger charge is 2.12. The molecule has 128 valence electrons. The average Bonchev–Trinajstić information content (AvgIpc) is 2.49. The third-order valence-corrected chi connectivity index (χ3v) is 3.98. The van der Waals surface area contributed by atoms with Crippen LogP contribution in [0.25, 0.3) is 0 Å². The van der Waals surface area contributed by atoms with Gasteiger partial charge in [0.2, 0.25) is 5.91 Å². The zero-order valence-electron chi connectivity index (χ0n) is 14.0. The van der Waals surface area contributed by atoms with Crippen LogP contribution in [-0.4, -0.2) is 25.0 Å². The zero-order chi connectivity index (χ0) is 17.2. The first-order valence-corrected chi connectivity index (χ1v) is 8.78. The van der Waals surface area contributed by atoms with E-state index in [9.17, 15) is 9.59 Å². The molecule has 0 aliphatic heterocycles. The summed E-state index contributed by atoms with van der Waals surface area (Å²) in [6.45, 7) is 6.90. The molecule has 23 heavy (non-hydrogen) atoms. The zero-order valence-corrected chi connectivity index (χ0v) is 15.6. The molecule has 0 aliphatic carbocycles. The number of hydrogen-bond acceptors (Lipinski definition) is 3. The second-order valence-electron chi connectivity index (χ2n) is 5.88. The van der Waals surface area contributed by atoms with Crippen LogP contribution in [0.4, 0.5) is 4.79 Å². The molecule has 3 N–H and O–H groups in total. The van der Waals surface area contributed by atoms with E-state index in [4.69, 9.17) is 0 Å². The van der Waals surface area contributed by atoms with Gasteiger partial charge < -0.3 is 10.6 Å². The van der Waals surface area contributed by atoms with Gasteiger partial charge in [-0.3, -0.25) is 10.1 Å². The number of hydrogen-bond donors (Lipinski definition) is 3. The van der Waals surface area contributed by atoms with Crippen LogP contribution in [0.15, 0.2) is 28.7 Å². The smallest absolute Gasteiger partial charge is 0.321 e. The Morgan fingerprint density at radius 1 is 1.17 bits per heavy atom. The third kappa shape index (κ3) is 8.13. The van der Waals surface area contributed by atoms with Crippen molar-refractivity contribution in [2.75, 3.05) is 13.1 Å². The Morgan fingerprint density at radius 3 is 2.39 bits per heavy atom. The standard InChI is InChI=1S/C17H26BrN3O2/c1-4-15(13-5-7-14(18)8-6-13)20-11-16(22)21-17(23)19-10-9-12(2)3/h5-8,12,15,20H,4,9-11H2,1-3H3,(H2,19,21,22,23)/t15-/m1/s1. The van der Waals surface area contributed by atoms with Crippen molar-refractivity contribution in [2.45, 2.75) is 39.7 Å². The van der Waals surface area contributed by atoms with Gasteiger partial charge in [-0.15, -0.1) is 0 Å². The summed E-state index contributed by atoms with van der Waals surface area (Å²) in [4.78, 5) is 23.4. The van der Waals surface area contributed by atoms with Crippen LogP contribution >= 0.6 is 15.9 Å². The van der Waals surface area contributed by atoms with E-state index in [2.05, 4.69) is 52.7 Å². The molecule has 0 heterocycles. The SMILES string of the molecule is CC[C@@H](NCC(=O)NC(=O)NCCC(C)C)c1ccc(Br)cc1. The van der Waals surface area contributed by atoms with Gasteiger partial charge in [-0.05, 0) is 36.5 Å². The van der Waals surface area contributed by atoms with E-state index in [1.165, 1.54) is 0 Å². The highest BCUT2D eigenvalue weighted by atomic mass is 79.9. The lowest BCUT2D eigenvalue weighted by molar-refractivity contribution is -0.119. The Balaban J connectivity index is 2.35. The number of carbonyl (C=O) groups excluding carboxylic acids is 2. The van der Waals surface area contributed by atoms with Crippen LogP contribution in [0.2, 0.25) is 0 Å². The highest BCUT2D eigenvalue weighted by molar-refractivity contribution is 9.10.